The highest BCUT2D eigenvalue weighted by atomic mass is 16.3. The lowest BCUT2D eigenvalue weighted by atomic mass is 9.96. The van der Waals surface area contributed by atoms with Crippen molar-refractivity contribution in [2.75, 3.05) is 13.1 Å². The maximum absolute atomic E-state index is 12.1. The van der Waals surface area contributed by atoms with E-state index in [0.717, 1.165) is 25.4 Å². The highest BCUT2D eigenvalue weighted by molar-refractivity contribution is 5.98. The van der Waals surface area contributed by atoms with Gasteiger partial charge in [-0.3, -0.25) is 9.59 Å². The quantitative estimate of drug-likeness (QED) is 0.340. The van der Waals surface area contributed by atoms with Crippen LogP contribution in [0.15, 0.2) is 18.2 Å². The smallest absolute Gasteiger partial charge is 0.255 e. The highest BCUT2D eigenvalue weighted by Crippen LogP contribution is 2.18. The van der Waals surface area contributed by atoms with Crippen molar-refractivity contribution in [3.8, 4) is 5.75 Å². The van der Waals surface area contributed by atoms with Crippen molar-refractivity contribution in [2.24, 2.45) is 0 Å². The first-order valence-electron chi connectivity index (χ1n) is 11.5. The second kappa shape index (κ2) is 14.2. The van der Waals surface area contributed by atoms with Crippen molar-refractivity contribution in [1.82, 2.24) is 10.6 Å². The van der Waals surface area contributed by atoms with Crippen molar-refractivity contribution in [1.29, 1.82) is 0 Å². The zero-order valence-electron chi connectivity index (χ0n) is 17.8. The average Bonchev–Trinajstić information content (AvgIpc) is 2.70. The summed E-state index contributed by atoms with van der Waals surface area (Å²) in [5.74, 6) is -0.424. The van der Waals surface area contributed by atoms with Gasteiger partial charge in [-0.15, -0.1) is 0 Å². The van der Waals surface area contributed by atoms with Gasteiger partial charge in [0.1, 0.15) is 12.0 Å². The molecule has 1 saturated carbocycles. The fourth-order valence-electron chi connectivity index (χ4n) is 4.03. The maximum atomic E-state index is 12.1. The summed E-state index contributed by atoms with van der Waals surface area (Å²) in [6.45, 7) is 1.73. The van der Waals surface area contributed by atoms with Crippen molar-refractivity contribution < 1.29 is 14.7 Å². The van der Waals surface area contributed by atoms with Crippen molar-refractivity contribution >= 4 is 12.2 Å². The molecule has 1 aliphatic rings. The molecule has 1 aromatic rings. The number of unbranched alkanes of at least 4 members (excludes halogenated alkanes) is 5. The van der Waals surface area contributed by atoms with E-state index >= 15 is 0 Å². The van der Waals surface area contributed by atoms with Crippen molar-refractivity contribution in [2.45, 2.75) is 89.5 Å². The molecule has 1 aromatic carbocycles. The molecule has 0 bridgehead atoms. The summed E-state index contributed by atoms with van der Waals surface area (Å²) in [6, 6.07) is 5.03. The standard InChI is InChI=1S/C24H38N2O3/c27-19-20-14-15-23(28)22(18-20)24(29)26-17-11-7-2-1-6-10-16-25-21-12-8-4-3-5-9-13-21/h14-15,18-19,21,25,28H,1-13,16-17H2,(H,26,29). The lowest BCUT2D eigenvalue weighted by Crippen LogP contribution is -2.30. The molecule has 5 nitrogen and oxygen atoms in total. The fourth-order valence-corrected chi connectivity index (χ4v) is 4.03. The number of nitrogens with one attached hydrogen (secondary N) is 2. The Balaban J connectivity index is 1.46. The number of aromatic hydroxyl groups is 1. The molecular formula is C24H38N2O3. The normalized spacial score (nSPS) is 15.4. The molecule has 0 spiro atoms. The number of phenols is 1. The molecule has 0 aromatic heterocycles. The number of carbonyl (C=O) groups excluding carboxylic acids is 2. The first-order valence-corrected chi connectivity index (χ1v) is 11.5. The maximum Gasteiger partial charge on any atom is 0.255 e. The molecule has 0 aliphatic heterocycles. The molecule has 3 N–H and O–H groups in total. The molecule has 0 heterocycles. The van der Waals surface area contributed by atoms with Gasteiger partial charge >= 0.3 is 0 Å². The van der Waals surface area contributed by atoms with Gasteiger partial charge < -0.3 is 15.7 Å². The van der Waals surface area contributed by atoms with Gasteiger partial charge in [0.15, 0.2) is 0 Å². The number of aldehydes is 1. The number of carbonyl (C=O) groups is 2. The van der Waals surface area contributed by atoms with E-state index in [1.54, 1.807) is 0 Å². The van der Waals surface area contributed by atoms with Crippen LogP contribution in [0.2, 0.25) is 0 Å². The Kier molecular flexibility index (Phi) is 11.4. The Morgan fingerprint density at radius 3 is 2.24 bits per heavy atom. The summed E-state index contributed by atoms with van der Waals surface area (Å²) < 4.78 is 0. The van der Waals surface area contributed by atoms with E-state index in [9.17, 15) is 14.7 Å². The summed E-state index contributed by atoms with van der Waals surface area (Å²) in [6.07, 6.45) is 17.3. The van der Waals surface area contributed by atoms with Crippen LogP contribution in [0.1, 0.15) is 104 Å². The van der Waals surface area contributed by atoms with Crippen LogP contribution >= 0.6 is 0 Å². The second-order valence-corrected chi connectivity index (χ2v) is 8.27. The molecule has 29 heavy (non-hydrogen) atoms. The highest BCUT2D eigenvalue weighted by Gasteiger charge is 2.11. The lowest BCUT2D eigenvalue weighted by Gasteiger charge is -2.21. The first kappa shape index (κ1) is 23.4. The molecule has 1 fully saturated rings. The van der Waals surface area contributed by atoms with Gasteiger partial charge in [0.2, 0.25) is 0 Å². The van der Waals surface area contributed by atoms with Crippen LogP contribution < -0.4 is 10.6 Å². The van der Waals surface area contributed by atoms with Crippen LogP contribution in [0, 0.1) is 0 Å². The summed E-state index contributed by atoms with van der Waals surface area (Å²) >= 11 is 0. The molecule has 0 atom stereocenters. The number of amides is 1. The van der Waals surface area contributed by atoms with Crippen LogP contribution in [0.5, 0.6) is 5.75 Å². The minimum atomic E-state index is -0.327. The number of hydrogen-bond acceptors (Lipinski definition) is 4. The van der Waals surface area contributed by atoms with E-state index < -0.39 is 0 Å². The molecule has 162 valence electrons. The average molecular weight is 403 g/mol. The first-order chi connectivity index (χ1) is 14.2. The molecule has 5 heteroatoms. The Labute approximate surface area is 175 Å². The fraction of sp³-hybridized carbons (Fsp3) is 0.667. The zero-order valence-corrected chi connectivity index (χ0v) is 17.8. The van der Waals surface area contributed by atoms with E-state index in [1.807, 2.05) is 0 Å². The third-order valence-corrected chi connectivity index (χ3v) is 5.83. The predicted molar refractivity (Wildman–Crippen MR) is 118 cm³/mol. The summed E-state index contributed by atoms with van der Waals surface area (Å²) in [5, 5.41) is 16.3. The van der Waals surface area contributed by atoms with Gasteiger partial charge in [-0.2, -0.15) is 0 Å². The van der Waals surface area contributed by atoms with E-state index in [-0.39, 0.29) is 17.2 Å². The second-order valence-electron chi connectivity index (χ2n) is 8.27. The molecule has 0 saturated heterocycles. The van der Waals surface area contributed by atoms with E-state index in [2.05, 4.69) is 10.6 Å². The monoisotopic (exact) mass is 402 g/mol. The Morgan fingerprint density at radius 1 is 0.931 bits per heavy atom. The summed E-state index contributed by atoms with van der Waals surface area (Å²) in [5.41, 5.74) is 0.545. The van der Waals surface area contributed by atoms with E-state index in [0.29, 0.717) is 18.4 Å². The van der Waals surface area contributed by atoms with Gasteiger partial charge in [-0.25, -0.2) is 0 Å². The van der Waals surface area contributed by atoms with Crippen LogP contribution in [-0.2, 0) is 0 Å². The zero-order chi connectivity index (χ0) is 20.7. The molecule has 0 unspecified atom stereocenters. The van der Waals surface area contributed by atoms with Gasteiger partial charge in [0, 0.05) is 18.2 Å². The predicted octanol–water partition coefficient (Wildman–Crippen LogP) is 4.98. The van der Waals surface area contributed by atoms with Crippen LogP contribution in [0.4, 0.5) is 0 Å². The van der Waals surface area contributed by atoms with Gasteiger partial charge in [0.25, 0.3) is 5.91 Å². The largest absolute Gasteiger partial charge is 0.507 e. The van der Waals surface area contributed by atoms with Gasteiger partial charge in [0.05, 0.1) is 5.56 Å². The molecule has 2 rings (SSSR count). The molecule has 1 aliphatic carbocycles. The Morgan fingerprint density at radius 2 is 1.55 bits per heavy atom. The Hall–Kier alpha value is -1.88. The number of benzene rings is 1. The van der Waals surface area contributed by atoms with Crippen LogP contribution in [0.25, 0.3) is 0 Å². The minimum absolute atomic E-state index is 0.0962. The van der Waals surface area contributed by atoms with Gasteiger partial charge in [-0.05, 0) is 50.4 Å². The Bertz CT molecular complexity index is 610. The topological polar surface area (TPSA) is 78.4 Å². The summed E-state index contributed by atoms with van der Waals surface area (Å²) in [7, 11) is 0. The van der Waals surface area contributed by atoms with E-state index in [4.69, 9.17) is 0 Å². The number of hydrogen-bond donors (Lipinski definition) is 3. The van der Waals surface area contributed by atoms with Gasteiger partial charge in [-0.1, -0.05) is 57.8 Å². The third kappa shape index (κ3) is 9.44. The third-order valence-electron chi connectivity index (χ3n) is 5.83. The number of phenolic OH excluding ortho intramolecular Hbond substituents is 1. The summed E-state index contributed by atoms with van der Waals surface area (Å²) in [4.78, 5) is 22.9. The number of rotatable bonds is 12. The lowest BCUT2D eigenvalue weighted by molar-refractivity contribution is 0.0950. The van der Waals surface area contributed by atoms with Crippen molar-refractivity contribution in [3.05, 3.63) is 29.3 Å². The molecular weight excluding hydrogens is 364 g/mol. The van der Waals surface area contributed by atoms with Crippen LogP contribution in [-0.4, -0.2) is 36.4 Å². The van der Waals surface area contributed by atoms with E-state index in [1.165, 1.54) is 88.8 Å². The van der Waals surface area contributed by atoms with Crippen LogP contribution in [0.3, 0.4) is 0 Å². The SMILES string of the molecule is O=Cc1ccc(O)c(C(=O)NCCCCCCCCNC2CCCCCCC2)c1. The molecule has 0 radical (unpaired) electrons. The minimum Gasteiger partial charge on any atom is -0.507 e. The van der Waals surface area contributed by atoms with Crippen molar-refractivity contribution in [3.63, 3.8) is 0 Å². The molecule has 1 amide bonds.